The van der Waals surface area contributed by atoms with E-state index in [0.717, 1.165) is 27.1 Å². The third-order valence-corrected chi connectivity index (χ3v) is 2.56. The average Bonchev–Trinajstić information content (AvgIpc) is 2.49. The molecule has 1 aromatic carbocycles. The molecule has 0 aliphatic rings. The number of rotatable bonds is 1. The second kappa shape index (κ2) is 3.14. The summed E-state index contributed by atoms with van der Waals surface area (Å²) in [6, 6.07) is 9.70. The zero-order chi connectivity index (χ0) is 9.26. The summed E-state index contributed by atoms with van der Waals surface area (Å²) in [5, 5.41) is 11.1. The number of benzene rings is 1. The summed E-state index contributed by atoms with van der Waals surface area (Å²) in [7, 11) is 0. The van der Waals surface area contributed by atoms with Gasteiger partial charge in [-0.25, -0.2) is 0 Å². The molecule has 66 valence electrons. The van der Waals surface area contributed by atoms with E-state index in [1.54, 1.807) is 6.92 Å². The largest absolute Gasteiger partial charge is 0.700 e. The molecule has 2 rings (SSSR count). The maximum Gasteiger partial charge on any atom is 0.281 e. The number of aromatic nitrogens is 2. The van der Waals surface area contributed by atoms with Crippen LogP contribution in [-0.2, 0) is 0 Å². The Hall–Kier alpha value is -1.42. The van der Waals surface area contributed by atoms with Crippen LogP contribution in [0.25, 0.3) is 11.3 Å². The molecule has 0 saturated heterocycles. The minimum absolute atomic E-state index is 0.663. The molecule has 3 nitrogen and oxygen atoms in total. The molecular formula is C9H8N2OS. The van der Waals surface area contributed by atoms with E-state index in [-0.39, 0.29) is 0 Å². The maximum atomic E-state index is 11.1. The van der Waals surface area contributed by atoms with Crippen molar-refractivity contribution in [1.29, 1.82) is 0 Å². The second-order valence-corrected chi connectivity index (χ2v) is 3.41. The fourth-order valence-corrected chi connectivity index (χ4v) is 1.75. The SMILES string of the molecule is Cc1c(-c2ccccc2)ns[n+]1[O-]. The van der Waals surface area contributed by atoms with Crippen molar-refractivity contribution in [2.45, 2.75) is 6.92 Å². The van der Waals surface area contributed by atoms with Crippen LogP contribution >= 0.6 is 11.7 Å². The van der Waals surface area contributed by atoms with Gasteiger partial charge in [-0.2, -0.15) is 4.12 Å². The fraction of sp³-hybridized carbons (Fsp3) is 0.111. The van der Waals surface area contributed by atoms with Crippen LogP contribution in [0.1, 0.15) is 5.69 Å². The van der Waals surface area contributed by atoms with Crippen LogP contribution in [0.15, 0.2) is 30.3 Å². The zero-order valence-electron chi connectivity index (χ0n) is 7.10. The molecular weight excluding hydrogens is 184 g/mol. The van der Waals surface area contributed by atoms with Crippen molar-refractivity contribution >= 4 is 11.7 Å². The molecule has 0 fully saturated rings. The Morgan fingerprint density at radius 2 is 2.00 bits per heavy atom. The molecule has 0 atom stereocenters. The van der Waals surface area contributed by atoms with Crippen LogP contribution in [0.2, 0.25) is 0 Å². The minimum Gasteiger partial charge on any atom is -0.700 e. The number of nitrogens with zero attached hydrogens (tertiary/aromatic N) is 2. The van der Waals surface area contributed by atoms with Crippen molar-refractivity contribution in [3.8, 4) is 11.3 Å². The molecule has 0 aliphatic heterocycles. The highest BCUT2D eigenvalue weighted by molar-refractivity contribution is 6.95. The van der Waals surface area contributed by atoms with Gasteiger partial charge in [-0.1, -0.05) is 30.3 Å². The lowest BCUT2D eigenvalue weighted by molar-refractivity contribution is -0.537. The summed E-state index contributed by atoms with van der Waals surface area (Å²) in [6.07, 6.45) is 0. The summed E-state index contributed by atoms with van der Waals surface area (Å²) in [4.78, 5) is 0. The van der Waals surface area contributed by atoms with Crippen molar-refractivity contribution in [3.63, 3.8) is 0 Å². The smallest absolute Gasteiger partial charge is 0.281 e. The number of hydrogen-bond donors (Lipinski definition) is 0. The quantitative estimate of drug-likeness (QED) is 0.510. The van der Waals surface area contributed by atoms with Gasteiger partial charge in [0, 0.05) is 16.9 Å². The standard InChI is InChI=1S/C9H8N2OS/c1-7-9(10-13-11(7)12)8-5-3-2-4-6-8/h2-6H,1H3. The Balaban J connectivity index is 2.53. The lowest BCUT2D eigenvalue weighted by Crippen LogP contribution is -2.22. The van der Waals surface area contributed by atoms with E-state index >= 15 is 0 Å². The van der Waals surface area contributed by atoms with E-state index in [9.17, 15) is 5.21 Å². The highest BCUT2D eigenvalue weighted by Gasteiger charge is 2.15. The predicted molar refractivity (Wildman–Crippen MR) is 51.2 cm³/mol. The normalized spacial score (nSPS) is 10.2. The zero-order valence-corrected chi connectivity index (χ0v) is 7.91. The summed E-state index contributed by atoms with van der Waals surface area (Å²) in [5.74, 6) is 0. The van der Waals surface area contributed by atoms with E-state index in [1.165, 1.54) is 0 Å². The third kappa shape index (κ3) is 1.40. The molecule has 1 heterocycles. The molecule has 1 aromatic heterocycles. The van der Waals surface area contributed by atoms with E-state index in [1.807, 2.05) is 30.3 Å². The molecule has 0 N–H and O–H groups in total. The van der Waals surface area contributed by atoms with Gasteiger partial charge in [0.15, 0.2) is 5.69 Å². The summed E-state index contributed by atoms with van der Waals surface area (Å²) in [5.41, 5.74) is 2.43. The summed E-state index contributed by atoms with van der Waals surface area (Å²) in [6.45, 7) is 1.78. The average molecular weight is 192 g/mol. The van der Waals surface area contributed by atoms with E-state index in [4.69, 9.17) is 0 Å². The van der Waals surface area contributed by atoms with Crippen molar-refractivity contribution < 1.29 is 4.12 Å². The summed E-state index contributed by atoms with van der Waals surface area (Å²) >= 11 is 0.937. The van der Waals surface area contributed by atoms with Gasteiger partial charge in [-0.15, -0.1) is 0 Å². The first-order valence-electron chi connectivity index (χ1n) is 3.91. The highest BCUT2D eigenvalue weighted by atomic mass is 32.1. The lowest BCUT2D eigenvalue weighted by Gasteiger charge is -1.95. The third-order valence-electron chi connectivity index (χ3n) is 1.87. The van der Waals surface area contributed by atoms with E-state index in [2.05, 4.69) is 4.37 Å². The predicted octanol–water partition coefficient (Wildman–Crippen LogP) is 1.75. The lowest BCUT2D eigenvalue weighted by atomic mass is 10.1. The van der Waals surface area contributed by atoms with Crippen LogP contribution < -0.4 is 4.12 Å². The van der Waals surface area contributed by atoms with Crippen molar-refractivity contribution in [2.24, 2.45) is 0 Å². The second-order valence-electron chi connectivity index (χ2n) is 2.73. The van der Waals surface area contributed by atoms with E-state index < -0.39 is 0 Å². The van der Waals surface area contributed by atoms with Gasteiger partial charge in [-0.3, -0.25) is 0 Å². The summed E-state index contributed by atoms with van der Waals surface area (Å²) < 4.78 is 4.90. The first-order valence-corrected chi connectivity index (χ1v) is 4.64. The van der Waals surface area contributed by atoms with Crippen LogP contribution in [0.4, 0.5) is 0 Å². The maximum absolute atomic E-state index is 11.1. The molecule has 0 aliphatic carbocycles. The van der Waals surface area contributed by atoms with Gasteiger partial charge in [0.1, 0.15) is 0 Å². The molecule has 0 unspecified atom stereocenters. The topological polar surface area (TPSA) is 39.8 Å². The molecule has 0 amide bonds. The van der Waals surface area contributed by atoms with Gasteiger partial charge in [-0.05, 0) is 0 Å². The number of hydrogen-bond acceptors (Lipinski definition) is 3. The van der Waals surface area contributed by atoms with Crippen LogP contribution in [-0.4, -0.2) is 4.37 Å². The first kappa shape index (κ1) is 8.19. The molecule has 13 heavy (non-hydrogen) atoms. The molecule has 0 spiro atoms. The molecule has 0 radical (unpaired) electrons. The van der Waals surface area contributed by atoms with Crippen LogP contribution in [0.3, 0.4) is 0 Å². The van der Waals surface area contributed by atoms with Gasteiger partial charge >= 0.3 is 0 Å². The monoisotopic (exact) mass is 192 g/mol. The Labute approximate surface area is 80.2 Å². The van der Waals surface area contributed by atoms with Crippen molar-refractivity contribution in [3.05, 3.63) is 41.2 Å². The van der Waals surface area contributed by atoms with Crippen LogP contribution in [0, 0.1) is 12.1 Å². The molecule has 4 heteroatoms. The van der Waals surface area contributed by atoms with E-state index in [0.29, 0.717) is 5.69 Å². The Morgan fingerprint density at radius 1 is 1.31 bits per heavy atom. The first-order chi connectivity index (χ1) is 6.29. The fourth-order valence-electron chi connectivity index (χ4n) is 1.15. The van der Waals surface area contributed by atoms with Crippen molar-refractivity contribution in [2.75, 3.05) is 0 Å². The molecule has 0 saturated carbocycles. The van der Waals surface area contributed by atoms with Gasteiger partial charge in [0.2, 0.25) is 5.69 Å². The Bertz CT molecular complexity index is 411. The van der Waals surface area contributed by atoms with Crippen LogP contribution in [0.5, 0.6) is 0 Å². The van der Waals surface area contributed by atoms with Crippen molar-refractivity contribution in [1.82, 2.24) is 4.37 Å². The van der Waals surface area contributed by atoms with Gasteiger partial charge in [0.05, 0.1) is 0 Å². The highest BCUT2D eigenvalue weighted by Crippen LogP contribution is 2.18. The Kier molecular flexibility index (Phi) is 1.98. The minimum atomic E-state index is 0.663. The Morgan fingerprint density at radius 3 is 2.54 bits per heavy atom. The molecule has 0 bridgehead atoms. The molecule has 2 aromatic rings. The van der Waals surface area contributed by atoms with Gasteiger partial charge in [0.25, 0.3) is 11.7 Å². The van der Waals surface area contributed by atoms with Gasteiger partial charge < -0.3 is 5.21 Å².